The van der Waals surface area contributed by atoms with Gasteiger partial charge in [-0.2, -0.15) is 0 Å². The second kappa shape index (κ2) is 5.23. The van der Waals surface area contributed by atoms with Crippen LogP contribution in [0.4, 0.5) is 5.82 Å². The lowest BCUT2D eigenvalue weighted by atomic mass is 9.89. The molecule has 0 unspecified atom stereocenters. The van der Waals surface area contributed by atoms with Crippen LogP contribution in [0.15, 0.2) is 15.4 Å². The molecule has 0 bridgehead atoms. The molecule has 0 spiro atoms. The molecule has 6 heteroatoms. The summed E-state index contributed by atoms with van der Waals surface area (Å²) in [6, 6.07) is 0. The first-order chi connectivity index (χ1) is 7.36. The average molecular weight is 351 g/mol. The maximum Gasteiger partial charge on any atom is 0.231 e. The molecule has 1 N–H and O–H groups in total. The van der Waals surface area contributed by atoms with Gasteiger partial charge in [-0.25, -0.2) is 9.97 Å². The van der Waals surface area contributed by atoms with E-state index in [1.54, 1.807) is 6.20 Å². The van der Waals surface area contributed by atoms with Gasteiger partial charge in [-0.05, 0) is 38.3 Å². The van der Waals surface area contributed by atoms with Crippen LogP contribution in [0.3, 0.4) is 0 Å². The molecule has 0 saturated carbocycles. The number of amides is 1. The molecule has 1 heterocycles. The lowest BCUT2D eigenvalue weighted by Crippen LogP contribution is -2.30. The Labute approximate surface area is 112 Å². The number of nitrogens with one attached hydrogen (secondary N) is 1. The topological polar surface area (TPSA) is 54.9 Å². The SMILES string of the molecule is CCC(C)(C)C(=O)Nc1ncc(Br)nc1Br. The van der Waals surface area contributed by atoms with Gasteiger partial charge in [0.15, 0.2) is 5.82 Å². The molecule has 0 radical (unpaired) electrons. The highest BCUT2D eigenvalue weighted by Crippen LogP contribution is 2.24. The molecule has 0 aromatic carbocycles. The predicted molar refractivity (Wildman–Crippen MR) is 70.1 cm³/mol. The summed E-state index contributed by atoms with van der Waals surface area (Å²) < 4.78 is 1.13. The minimum absolute atomic E-state index is 0.0627. The van der Waals surface area contributed by atoms with E-state index in [1.165, 1.54) is 0 Å². The molecule has 1 aromatic rings. The van der Waals surface area contributed by atoms with Crippen LogP contribution in [0.1, 0.15) is 27.2 Å². The molecule has 0 aliphatic rings. The fraction of sp³-hybridized carbons (Fsp3) is 0.500. The lowest BCUT2D eigenvalue weighted by molar-refractivity contribution is -0.124. The number of hydrogen-bond donors (Lipinski definition) is 1. The molecule has 1 rings (SSSR count). The van der Waals surface area contributed by atoms with E-state index in [0.717, 1.165) is 6.42 Å². The number of halogens is 2. The van der Waals surface area contributed by atoms with Crippen molar-refractivity contribution in [2.24, 2.45) is 5.41 Å². The van der Waals surface area contributed by atoms with Gasteiger partial charge in [0.25, 0.3) is 0 Å². The number of rotatable bonds is 3. The maximum absolute atomic E-state index is 11.9. The number of carbonyl (C=O) groups is 1. The summed E-state index contributed by atoms with van der Waals surface area (Å²) in [7, 11) is 0. The van der Waals surface area contributed by atoms with Crippen molar-refractivity contribution in [2.75, 3.05) is 5.32 Å². The van der Waals surface area contributed by atoms with Crippen LogP contribution in [-0.2, 0) is 4.79 Å². The lowest BCUT2D eigenvalue weighted by Gasteiger charge is -2.21. The smallest absolute Gasteiger partial charge is 0.231 e. The third-order valence-corrected chi connectivity index (χ3v) is 3.37. The van der Waals surface area contributed by atoms with E-state index in [0.29, 0.717) is 15.0 Å². The highest BCUT2D eigenvalue weighted by Gasteiger charge is 2.26. The third-order valence-electron chi connectivity index (χ3n) is 2.43. The Kier molecular flexibility index (Phi) is 4.43. The quantitative estimate of drug-likeness (QED) is 0.909. The first kappa shape index (κ1) is 13.6. The van der Waals surface area contributed by atoms with Crippen molar-refractivity contribution in [2.45, 2.75) is 27.2 Å². The monoisotopic (exact) mass is 349 g/mol. The molecule has 1 aromatic heterocycles. The van der Waals surface area contributed by atoms with Gasteiger partial charge in [0.2, 0.25) is 5.91 Å². The summed E-state index contributed by atoms with van der Waals surface area (Å²) in [4.78, 5) is 20.1. The molecule has 0 aliphatic carbocycles. The first-order valence-electron chi connectivity index (χ1n) is 4.86. The summed E-state index contributed by atoms with van der Waals surface area (Å²) in [6.07, 6.45) is 2.31. The first-order valence-corrected chi connectivity index (χ1v) is 6.45. The van der Waals surface area contributed by atoms with Crippen LogP contribution in [0.5, 0.6) is 0 Å². The predicted octanol–water partition coefficient (Wildman–Crippen LogP) is 3.38. The second-order valence-electron chi connectivity index (χ2n) is 4.02. The maximum atomic E-state index is 11.9. The summed E-state index contributed by atoms with van der Waals surface area (Å²) in [5.41, 5.74) is -0.409. The van der Waals surface area contributed by atoms with Crippen LogP contribution in [-0.4, -0.2) is 15.9 Å². The Morgan fingerprint density at radius 2 is 2.12 bits per heavy atom. The Morgan fingerprint density at radius 1 is 1.50 bits per heavy atom. The van der Waals surface area contributed by atoms with Crippen molar-refractivity contribution >= 4 is 43.6 Å². The highest BCUT2D eigenvalue weighted by atomic mass is 79.9. The van der Waals surface area contributed by atoms with E-state index < -0.39 is 5.41 Å². The van der Waals surface area contributed by atoms with E-state index in [9.17, 15) is 4.79 Å². The average Bonchev–Trinajstić information content (AvgIpc) is 2.22. The molecule has 0 saturated heterocycles. The normalized spacial score (nSPS) is 11.3. The molecule has 88 valence electrons. The van der Waals surface area contributed by atoms with Crippen molar-refractivity contribution in [1.29, 1.82) is 0 Å². The molecular formula is C10H13Br2N3O. The zero-order valence-electron chi connectivity index (χ0n) is 9.34. The molecule has 4 nitrogen and oxygen atoms in total. The van der Waals surface area contributed by atoms with Gasteiger partial charge in [-0.15, -0.1) is 0 Å². The Morgan fingerprint density at radius 3 is 2.62 bits per heavy atom. The summed E-state index contributed by atoms with van der Waals surface area (Å²) in [5, 5.41) is 2.75. The number of carbonyl (C=O) groups excluding carboxylic acids is 1. The number of aromatic nitrogens is 2. The minimum Gasteiger partial charge on any atom is -0.308 e. The van der Waals surface area contributed by atoms with Gasteiger partial charge < -0.3 is 5.32 Å². The Hall–Kier alpha value is -0.490. The van der Waals surface area contributed by atoms with Crippen LogP contribution in [0, 0.1) is 5.41 Å². The zero-order chi connectivity index (χ0) is 12.3. The van der Waals surface area contributed by atoms with E-state index in [-0.39, 0.29) is 5.91 Å². The highest BCUT2D eigenvalue weighted by molar-refractivity contribution is 9.11. The molecule has 16 heavy (non-hydrogen) atoms. The minimum atomic E-state index is -0.409. The molecule has 0 aliphatic heterocycles. The standard InChI is InChI=1S/C10H13Br2N3O/c1-4-10(2,3)9(16)15-8-7(12)14-6(11)5-13-8/h5H,4H2,1-3H3,(H,13,15,16). The van der Waals surface area contributed by atoms with Crippen LogP contribution in [0.25, 0.3) is 0 Å². The van der Waals surface area contributed by atoms with Crippen molar-refractivity contribution in [3.8, 4) is 0 Å². The fourth-order valence-electron chi connectivity index (χ4n) is 0.868. The Balaban J connectivity index is 2.85. The van der Waals surface area contributed by atoms with Gasteiger partial charge in [-0.3, -0.25) is 4.79 Å². The van der Waals surface area contributed by atoms with Crippen molar-refractivity contribution in [3.05, 3.63) is 15.4 Å². The number of nitrogens with zero attached hydrogens (tertiary/aromatic N) is 2. The van der Waals surface area contributed by atoms with Crippen LogP contribution in [0.2, 0.25) is 0 Å². The van der Waals surface area contributed by atoms with Gasteiger partial charge in [0.05, 0.1) is 6.20 Å². The third kappa shape index (κ3) is 3.25. The second-order valence-corrected chi connectivity index (χ2v) is 5.59. The largest absolute Gasteiger partial charge is 0.308 e. The van der Waals surface area contributed by atoms with Gasteiger partial charge in [0.1, 0.15) is 9.21 Å². The van der Waals surface area contributed by atoms with E-state index in [2.05, 4.69) is 47.1 Å². The summed E-state index contributed by atoms with van der Waals surface area (Å²) in [6.45, 7) is 5.76. The Bertz CT molecular complexity index is 407. The van der Waals surface area contributed by atoms with Gasteiger partial charge in [0, 0.05) is 5.41 Å². The molecular weight excluding hydrogens is 338 g/mol. The fourth-order valence-corrected chi connectivity index (χ4v) is 1.78. The van der Waals surface area contributed by atoms with E-state index in [4.69, 9.17) is 0 Å². The van der Waals surface area contributed by atoms with E-state index >= 15 is 0 Å². The summed E-state index contributed by atoms with van der Waals surface area (Å²) >= 11 is 6.45. The van der Waals surface area contributed by atoms with Crippen molar-refractivity contribution < 1.29 is 4.79 Å². The number of anilines is 1. The van der Waals surface area contributed by atoms with Crippen LogP contribution < -0.4 is 5.32 Å². The van der Waals surface area contributed by atoms with Gasteiger partial charge in [-0.1, -0.05) is 20.8 Å². The van der Waals surface area contributed by atoms with Crippen LogP contribution >= 0.6 is 31.9 Å². The molecule has 0 atom stereocenters. The molecule has 1 amide bonds. The van der Waals surface area contributed by atoms with Crippen molar-refractivity contribution in [1.82, 2.24) is 9.97 Å². The molecule has 0 fully saturated rings. The van der Waals surface area contributed by atoms with E-state index in [1.807, 2.05) is 20.8 Å². The van der Waals surface area contributed by atoms with Gasteiger partial charge >= 0.3 is 0 Å². The summed E-state index contributed by atoms with van der Waals surface area (Å²) in [5.74, 6) is 0.377. The van der Waals surface area contributed by atoms with Crippen molar-refractivity contribution in [3.63, 3.8) is 0 Å². The zero-order valence-corrected chi connectivity index (χ0v) is 12.5. The number of hydrogen-bond acceptors (Lipinski definition) is 3.